The molecule has 0 N–H and O–H groups in total. The molecular formula is C15H17O3PS. The van der Waals surface area contributed by atoms with Gasteiger partial charge in [0.15, 0.2) is 0 Å². The lowest BCUT2D eigenvalue weighted by molar-refractivity contribution is 0.296. The van der Waals surface area contributed by atoms with Gasteiger partial charge >= 0.3 is 6.80 Å². The minimum absolute atomic E-state index is 0.353. The fourth-order valence-corrected chi connectivity index (χ4v) is 4.84. The van der Waals surface area contributed by atoms with Crippen LogP contribution in [0, 0.1) is 0 Å². The molecule has 0 aliphatic rings. The number of rotatable bonds is 7. The number of para-hydroxylation sites is 1. The van der Waals surface area contributed by atoms with Crippen LogP contribution in [0.1, 0.15) is 12.5 Å². The molecule has 20 heavy (non-hydrogen) atoms. The highest BCUT2D eigenvalue weighted by molar-refractivity contribution is 8.54. The monoisotopic (exact) mass is 308 g/mol. The Morgan fingerprint density at radius 1 is 1.00 bits per heavy atom. The van der Waals surface area contributed by atoms with Crippen molar-refractivity contribution in [3.63, 3.8) is 0 Å². The first kappa shape index (κ1) is 15.2. The van der Waals surface area contributed by atoms with Gasteiger partial charge in [0.1, 0.15) is 5.75 Å². The van der Waals surface area contributed by atoms with Crippen molar-refractivity contribution >= 4 is 18.2 Å². The summed E-state index contributed by atoms with van der Waals surface area (Å²) in [6.07, 6.45) is 0. The third-order valence-electron chi connectivity index (χ3n) is 2.48. The van der Waals surface area contributed by atoms with Crippen molar-refractivity contribution in [1.82, 2.24) is 0 Å². The van der Waals surface area contributed by atoms with Crippen LogP contribution in [0.15, 0.2) is 60.7 Å². The first-order valence-corrected chi connectivity index (χ1v) is 9.53. The highest BCUT2D eigenvalue weighted by atomic mass is 32.7. The van der Waals surface area contributed by atoms with E-state index in [1.807, 2.05) is 55.5 Å². The van der Waals surface area contributed by atoms with Crippen LogP contribution in [-0.2, 0) is 14.8 Å². The molecule has 0 aromatic heterocycles. The van der Waals surface area contributed by atoms with Gasteiger partial charge in [-0.15, -0.1) is 0 Å². The largest absolute Gasteiger partial charge is 0.440 e. The molecule has 0 radical (unpaired) electrons. The normalized spacial score (nSPS) is 13.7. The Morgan fingerprint density at radius 3 is 2.20 bits per heavy atom. The van der Waals surface area contributed by atoms with Gasteiger partial charge in [-0.1, -0.05) is 48.5 Å². The van der Waals surface area contributed by atoms with Crippen molar-refractivity contribution in [2.45, 2.75) is 12.7 Å². The number of hydrogen-bond donors (Lipinski definition) is 0. The van der Waals surface area contributed by atoms with Crippen LogP contribution in [0.25, 0.3) is 0 Å². The quantitative estimate of drug-likeness (QED) is 0.663. The molecular weight excluding hydrogens is 291 g/mol. The molecule has 5 heteroatoms. The minimum atomic E-state index is -3.19. The summed E-state index contributed by atoms with van der Waals surface area (Å²) in [4.78, 5) is 0. The van der Waals surface area contributed by atoms with E-state index < -0.39 is 6.80 Å². The Balaban J connectivity index is 2.03. The molecule has 0 aliphatic carbocycles. The molecule has 0 amide bonds. The predicted octanol–water partition coefficient (Wildman–Crippen LogP) is 5.14. The molecule has 0 saturated carbocycles. The van der Waals surface area contributed by atoms with Crippen LogP contribution in [0.3, 0.4) is 0 Å². The topological polar surface area (TPSA) is 35.5 Å². The molecule has 0 spiro atoms. The van der Waals surface area contributed by atoms with Crippen molar-refractivity contribution in [2.24, 2.45) is 0 Å². The summed E-state index contributed by atoms with van der Waals surface area (Å²) < 4.78 is 23.6. The van der Waals surface area contributed by atoms with E-state index in [4.69, 9.17) is 9.05 Å². The molecule has 0 bridgehead atoms. The zero-order valence-corrected chi connectivity index (χ0v) is 13.0. The van der Waals surface area contributed by atoms with Crippen LogP contribution in [-0.4, -0.2) is 6.61 Å². The van der Waals surface area contributed by atoms with Crippen molar-refractivity contribution in [3.8, 4) is 5.75 Å². The van der Waals surface area contributed by atoms with E-state index in [1.165, 1.54) is 11.4 Å². The summed E-state index contributed by atoms with van der Waals surface area (Å²) in [6.45, 7) is -1.03. The average molecular weight is 308 g/mol. The molecule has 0 fully saturated rings. The van der Waals surface area contributed by atoms with Crippen LogP contribution in [0.4, 0.5) is 0 Å². The smallest absolute Gasteiger partial charge is 0.417 e. The van der Waals surface area contributed by atoms with Crippen molar-refractivity contribution < 1.29 is 13.6 Å². The molecule has 1 unspecified atom stereocenters. The second-order valence-corrected chi connectivity index (χ2v) is 8.03. The van der Waals surface area contributed by atoms with Crippen molar-refractivity contribution in [2.75, 3.05) is 6.61 Å². The molecule has 2 aromatic carbocycles. The first-order chi connectivity index (χ1) is 9.72. The van der Waals surface area contributed by atoms with Crippen LogP contribution in [0.2, 0.25) is 0 Å². The average Bonchev–Trinajstić information content (AvgIpc) is 2.48. The van der Waals surface area contributed by atoms with E-state index in [0.717, 1.165) is 5.56 Å². The van der Waals surface area contributed by atoms with Gasteiger partial charge in [-0.3, -0.25) is 4.52 Å². The van der Waals surface area contributed by atoms with Gasteiger partial charge in [-0.05, 0) is 36.0 Å². The zero-order chi connectivity index (χ0) is 14.3. The predicted molar refractivity (Wildman–Crippen MR) is 84.0 cm³/mol. The van der Waals surface area contributed by atoms with Gasteiger partial charge in [-0.25, -0.2) is 4.57 Å². The minimum Gasteiger partial charge on any atom is -0.417 e. The van der Waals surface area contributed by atoms with E-state index in [0.29, 0.717) is 18.1 Å². The van der Waals surface area contributed by atoms with Gasteiger partial charge in [0.25, 0.3) is 0 Å². The summed E-state index contributed by atoms with van der Waals surface area (Å²) in [5, 5.41) is 0. The molecule has 3 nitrogen and oxygen atoms in total. The maximum absolute atomic E-state index is 12.7. The Labute approximate surface area is 123 Å². The summed E-state index contributed by atoms with van der Waals surface area (Å²) >= 11 is 1.21. The summed E-state index contributed by atoms with van der Waals surface area (Å²) in [7, 11) is 0. The highest BCUT2D eigenvalue weighted by Gasteiger charge is 2.26. The second-order valence-electron chi connectivity index (χ2n) is 4.03. The van der Waals surface area contributed by atoms with Gasteiger partial charge in [-0.2, -0.15) is 0 Å². The Kier molecular flexibility index (Phi) is 5.72. The summed E-state index contributed by atoms with van der Waals surface area (Å²) in [6, 6.07) is 19.0. The second kappa shape index (κ2) is 7.53. The van der Waals surface area contributed by atoms with Gasteiger partial charge in [0.2, 0.25) is 0 Å². The molecule has 0 heterocycles. The SMILES string of the molecule is CCOP(=O)(Oc1ccccc1)SCc1ccccc1. The molecule has 0 saturated heterocycles. The lowest BCUT2D eigenvalue weighted by Crippen LogP contribution is -1.95. The van der Waals surface area contributed by atoms with Crippen LogP contribution in [0.5, 0.6) is 5.75 Å². The fraction of sp³-hybridized carbons (Fsp3) is 0.200. The van der Waals surface area contributed by atoms with Crippen LogP contribution < -0.4 is 4.52 Å². The zero-order valence-electron chi connectivity index (χ0n) is 11.3. The summed E-state index contributed by atoms with van der Waals surface area (Å²) in [5.41, 5.74) is 1.09. The van der Waals surface area contributed by atoms with Gasteiger partial charge < -0.3 is 4.52 Å². The molecule has 2 aromatic rings. The molecule has 106 valence electrons. The maximum atomic E-state index is 12.7. The first-order valence-electron chi connectivity index (χ1n) is 6.39. The van der Waals surface area contributed by atoms with Gasteiger partial charge in [0.05, 0.1) is 6.61 Å². The Morgan fingerprint density at radius 2 is 1.60 bits per heavy atom. The van der Waals surface area contributed by atoms with E-state index >= 15 is 0 Å². The number of hydrogen-bond acceptors (Lipinski definition) is 4. The number of benzene rings is 2. The lowest BCUT2D eigenvalue weighted by Gasteiger charge is -2.17. The van der Waals surface area contributed by atoms with E-state index in [9.17, 15) is 4.57 Å². The third kappa shape index (κ3) is 4.71. The van der Waals surface area contributed by atoms with E-state index in [2.05, 4.69) is 0 Å². The molecule has 1 atom stereocenters. The standard InChI is InChI=1S/C15H17O3PS/c1-2-17-19(16,18-15-11-7-4-8-12-15)20-13-14-9-5-3-6-10-14/h3-12H,2,13H2,1H3. The van der Waals surface area contributed by atoms with E-state index in [1.54, 1.807) is 12.1 Å². The molecule has 2 rings (SSSR count). The highest BCUT2D eigenvalue weighted by Crippen LogP contribution is 2.61. The van der Waals surface area contributed by atoms with Gasteiger partial charge in [0, 0.05) is 5.75 Å². The Hall–Kier alpha value is -1.22. The van der Waals surface area contributed by atoms with Crippen LogP contribution >= 0.6 is 18.2 Å². The van der Waals surface area contributed by atoms with E-state index in [-0.39, 0.29) is 0 Å². The molecule has 0 aliphatic heterocycles. The fourth-order valence-electron chi connectivity index (χ4n) is 1.59. The maximum Gasteiger partial charge on any atom is 0.440 e. The summed E-state index contributed by atoms with van der Waals surface area (Å²) in [5.74, 6) is 1.15. The van der Waals surface area contributed by atoms with Crippen molar-refractivity contribution in [1.29, 1.82) is 0 Å². The van der Waals surface area contributed by atoms with Crippen molar-refractivity contribution in [3.05, 3.63) is 66.2 Å². The Bertz CT molecular complexity index is 560. The lowest BCUT2D eigenvalue weighted by atomic mass is 10.2. The third-order valence-corrected chi connectivity index (χ3v) is 6.14.